The fourth-order valence-corrected chi connectivity index (χ4v) is 1.87. The average Bonchev–Trinajstić information content (AvgIpc) is 2.54. The summed E-state index contributed by atoms with van der Waals surface area (Å²) in [4.78, 5) is 10.1. The van der Waals surface area contributed by atoms with Crippen molar-refractivity contribution in [2.45, 2.75) is 6.92 Å². The van der Waals surface area contributed by atoms with E-state index in [1.807, 2.05) is 0 Å². The van der Waals surface area contributed by atoms with E-state index in [1.54, 1.807) is 0 Å². The summed E-state index contributed by atoms with van der Waals surface area (Å²) in [5.41, 5.74) is 5.25. The minimum Gasteiger partial charge on any atom is -0.378 e. The number of nitrogen functional groups attached to an aromatic ring is 1. The van der Waals surface area contributed by atoms with Crippen LogP contribution in [0.25, 0.3) is 5.69 Å². The molecule has 6 nitrogen and oxygen atoms in total. The van der Waals surface area contributed by atoms with Crippen molar-refractivity contribution in [2.24, 2.45) is 0 Å². The Morgan fingerprint density at radius 1 is 1.56 bits per heavy atom. The van der Waals surface area contributed by atoms with Gasteiger partial charge in [0.1, 0.15) is 17.2 Å². The molecular formula is C10H8ClFN4O2. The first-order valence-corrected chi connectivity index (χ1v) is 5.25. The number of nitrogens with zero attached hydrogens (tertiary/aromatic N) is 3. The zero-order valence-electron chi connectivity index (χ0n) is 9.22. The molecule has 0 unspecified atom stereocenters. The Kier molecular flexibility index (Phi) is 2.92. The molecule has 2 rings (SSSR count). The van der Waals surface area contributed by atoms with Gasteiger partial charge in [0.15, 0.2) is 0 Å². The van der Waals surface area contributed by atoms with E-state index in [1.165, 1.54) is 25.1 Å². The lowest BCUT2D eigenvalue weighted by Crippen LogP contribution is -2.05. The van der Waals surface area contributed by atoms with Gasteiger partial charge in [-0.3, -0.25) is 10.1 Å². The van der Waals surface area contributed by atoms with Gasteiger partial charge in [0.25, 0.3) is 0 Å². The lowest BCUT2D eigenvalue weighted by atomic mass is 10.3. The third kappa shape index (κ3) is 1.78. The number of para-hydroxylation sites is 1. The van der Waals surface area contributed by atoms with Crippen LogP contribution >= 0.6 is 11.6 Å². The van der Waals surface area contributed by atoms with Crippen molar-refractivity contribution in [3.8, 4) is 5.69 Å². The fourth-order valence-electron chi connectivity index (χ4n) is 1.62. The maximum Gasteiger partial charge on any atom is 0.333 e. The molecular weight excluding hydrogens is 263 g/mol. The fraction of sp³-hybridized carbons (Fsp3) is 0.100. The van der Waals surface area contributed by atoms with E-state index in [0.29, 0.717) is 0 Å². The molecule has 2 aromatic rings. The molecule has 1 aromatic carbocycles. The van der Waals surface area contributed by atoms with Gasteiger partial charge in [-0.05, 0) is 19.1 Å². The van der Waals surface area contributed by atoms with Crippen molar-refractivity contribution in [1.29, 1.82) is 0 Å². The number of benzene rings is 1. The average molecular weight is 271 g/mol. The van der Waals surface area contributed by atoms with Crippen molar-refractivity contribution in [3.63, 3.8) is 0 Å². The number of aromatic nitrogens is 2. The summed E-state index contributed by atoms with van der Waals surface area (Å²) in [5.74, 6) is -0.920. The normalized spacial score (nSPS) is 10.6. The molecule has 0 aliphatic carbocycles. The Morgan fingerprint density at radius 3 is 2.72 bits per heavy atom. The maximum atomic E-state index is 13.7. The van der Waals surface area contributed by atoms with Crippen molar-refractivity contribution in [3.05, 3.63) is 44.8 Å². The van der Waals surface area contributed by atoms with E-state index in [9.17, 15) is 14.5 Å². The first kappa shape index (κ1) is 12.3. The molecule has 0 radical (unpaired) electrons. The van der Waals surface area contributed by atoms with Gasteiger partial charge >= 0.3 is 5.69 Å². The predicted octanol–water partition coefficient (Wildman–Crippen LogP) is 2.46. The first-order valence-electron chi connectivity index (χ1n) is 4.87. The molecule has 2 N–H and O–H groups in total. The third-order valence-electron chi connectivity index (χ3n) is 2.40. The number of nitro groups is 1. The molecule has 0 atom stereocenters. The third-order valence-corrected chi connectivity index (χ3v) is 2.70. The number of halogens is 2. The van der Waals surface area contributed by atoms with E-state index in [2.05, 4.69) is 5.10 Å². The second-order valence-electron chi connectivity index (χ2n) is 3.56. The Morgan fingerprint density at radius 2 is 2.22 bits per heavy atom. The van der Waals surface area contributed by atoms with Crippen LogP contribution in [0.5, 0.6) is 0 Å². The van der Waals surface area contributed by atoms with Crippen LogP contribution in [0.4, 0.5) is 15.9 Å². The van der Waals surface area contributed by atoms with Crippen molar-refractivity contribution in [2.75, 3.05) is 5.73 Å². The molecule has 0 amide bonds. The minimum atomic E-state index is -0.664. The summed E-state index contributed by atoms with van der Waals surface area (Å²) in [6, 6.07) is 4.04. The molecule has 0 fully saturated rings. The smallest absolute Gasteiger partial charge is 0.333 e. The highest BCUT2D eigenvalue weighted by atomic mass is 35.5. The van der Waals surface area contributed by atoms with Crippen LogP contribution < -0.4 is 5.73 Å². The number of rotatable bonds is 2. The highest BCUT2D eigenvalue weighted by molar-refractivity contribution is 6.32. The van der Waals surface area contributed by atoms with Crippen LogP contribution in [0.3, 0.4) is 0 Å². The topological polar surface area (TPSA) is 87.0 Å². The number of hydrogen-bond donors (Lipinski definition) is 1. The van der Waals surface area contributed by atoms with Crippen LogP contribution in [0.15, 0.2) is 18.2 Å². The number of anilines is 1. The Labute approximate surface area is 106 Å². The molecule has 0 saturated carbocycles. The van der Waals surface area contributed by atoms with Gasteiger partial charge < -0.3 is 5.73 Å². The van der Waals surface area contributed by atoms with Crippen LogP contribution in [-0.2, 0) is 0 Å². The van der Waals surface area contributed by atoms with Crippen LogP contribution in [0.1, 0.15) is 5.69 Å². The highest BCUT2D eigenvalue weighted by Crippen LogP contribution is 2.31. The SMILES string of the molecule is Cc1nn(-c2c(F)cccc2Cl)c(N)c1[N+](=O)[O-]. The van der Waals surface area contributed by atoms with Gasteiger partial charge in [0.2, 0.25) is 5.82 Å². The summed E-state index contributed by atoms with van der Waals surface area (Å²) in [6.07, 6.45) is 0. The van der Waals surface area contributed by atoms with Gasteiger partial charge in [-0.15, -0.1) is 0 Å². The summed E-state index contributed by atoms with van der Waals surface area (Å²) < 4.78 is 14.6. The zero-order chi connectivity index (χ0) is 13.4. The molecule has 18 heavy (non-hydrogen) atoms. The van der Waals surface area contributed by atoms with Gasteiger partial charge in [0, 0.05) is 0 Å². The van der Waals surface area contributed by atoms with E-state index >= 15 is 0 Å². The summed E-state index contributed by atoms with van der Waals surface area (Å²) in [5, 5.41) is 14.7. The van der Waals surface area contributed by atoms with Gasteiger partial charge in [-0.1, -0.05) is 17.7 Å². The van der Waals surface area contributed by atoms with Crippen molar-refractivity contribution >= 4 is 23.1 Å². The summed E-state index contributed by atoms with van der Waals surface area (Å²) >= 11 is 5.85. The van der Waals surface area contributed by atoms with Gasteiger partial charge in [0.05, 0.1) is 9.95 Å². The van der Waals surface area contributed by atoms with E-state index in [0.717, 1.165) is 4.68 Å². The van der Waals surface area contributed by atoms with E-state index in [-0.39, 0.29) is 27.9 Å². The summed E-state index contributed by atoms with van der Waals surface area (Å²) in [6.45, 7) is 1.42. The van der Waals surface area contributed by atoms with E-state index < -0.39 is 10.7 Å². The number of hydrogen-bond acceptors (Lipinski definition) is 4. The molecule has 8 heteroatoms. The standard InChI is InChI=1S/C10H8ClFN4O2/c1-5-8(16(17)18)10(13)15(14-5)9-6(11)3-2-4-7(9)12/h2-4H,13H2,1H3. The Balaban J connectivity index is 2.73. The van der Waals surface area contributed by atoms with Crippen LogP contribution in [-0.4, -0.2) is 14.7 Å². The highest BCUT2D eigenvalue weighted by Gasteiger charge is 2.25. The molecule has 0 saturated heterocycles. The molecule has 1 heterocycles. The molecule has 94 valence electrons. The lowest BCUT2D eigenvalue weighted by molar-refractivity contribution is -0.384. The number of nitrogens with two attached hydrogens (primary N) is 1. The quantitative estimate of drug-likeness (QED) is 0.671. The summed E-state index contributed by atoms with van der Waals surface area (Å²) in [7, 11) is 0. The van der Waals surface area contributed by atoms with Gasteiger partial charge in [-0.2, -0.15) is 5.10 Å². The second-order valence-corrected chi connectivity index (χ2v) is 3.97. The molecule has 0 aliphatic heterocycles. The second kappa shape index (κ2) is 4.26. The Hall–Kier alpha value is -2.15. The molecule has 1 aromatic heterocycles. The van der Waals surface area contributed by atoms with Crippen LogP contribution in [0, 0.1) is 22.9 Å². The Bertz CT molecular complexity index is 621. The lowest BCUT2D eigenvalue weighted by Gasteiger charge is -2.06. The largest absolute Gasteiger partial charge is 0.378 e. The number of aryl methyl sites for hydroxylation is 1. The predicted molar refractivity (Wildman–Crippen MR) is 64.3 cm³/mol. The molecule has 0 spiro atoms. The molecule has 0 bridgehead atoms. The monoisotopic (exact) mass is 270 g/mol. The van der Waals surface area contributed by atoms with Gasteiger partial charge in [-0.25, -0.2) is 9.07 Å². The maximum absolute atomic E-state index is 13.7. The molecule has 0 aliphatic rings. The zero-order valence-corrected chi connectivity index (χ0v) is 9.98. The minimum absolute atomic E-state index is 0.0686. The first-order chi connectivity index (χ1) is 8.43. The van der Waals surface area contributed by atoms with Crippen molar-refractivity contribution in [1.82, 2.24) is 9.78 Å². The van der Waals surface area contributed by atoms with E-state index in [4.69, 9.17) is 17.3 Å². The van der Waals surface area contributed by atoms with Crippen LogP contribution in [0.2, 0.25) is 5.02 Å². The van der Waals surface area contributed by atoms with Crippen molar-refractivity contribution < 1.29 is 9.31 Å².